The minimum absolute atomic E-state index is 0.787. The van der Waals surface area contributed by atoms with Crippen LogP contribution in [-0.4, -0.2) is 37.6 Å². The lowest BCUT2D eigenvalue weighted by Gasteiger charge is -2.21. The molecule has 1 aliphatic rings. The molecule has 1 aliphatic heterocycles. The Morgan fingerprint density at radius 3 is 2.45 bits per heavy atom. The van der Waals surface area contributed by atoms with Crippen molar-refractivity contribution < 1.29 is 0 Å². The Balaban J connectivity index is 1.43. The number of benzene rings is 1. The summed E-state index contributed by atoms with van der Waals surface area (Å²) in [6.07, 6.45) is 5.95. The molecule has 5 rings (SSSR count). The first kappa shape index (κ1) is 18.0. The first-order valence-electron chi connectivity index (χ1n) is 10.4. The van der Waals surface area contributed by atoms with Crippen LogP contribution in [0.1, 0.15) is 35.9 Å². The summed E-state index contributed by atoms with van der Waals surface area (Å²) in [5.41, 5.74) is 6.56. The molecule has 0 aliphatic carbocycles. The predicted molar refractivity (Wildman–Crippen MR) is 116 cm³/mol. The van der Waals surface area contributed by atoms with Gasteiger partial charge in [-0.3, -0.25) is 4.98 Å². The molecule has 1 aromatic carbocycles. The van der Waals surface area contributed by atoms with Crippen LogP contribution in [0.2, 0.25) is 0 Å². The van der Waals surface area contributed by atoms with Gasteiger partial charge in [0.15, 0.2) is 0 Å². The number of imidazole rings is 1. The van der Waals surface area contributed by atoms with Crippen molar-refractivity contribution in [2.24, 2.45) is 7.05 Å². The van der Waals surface area contributed by atoms with Gasteiger partial charge < -0.3 is 9.47 Å². The molecule has 4 aromatic rings. The molecule has 0 bridgehead atoms. The van der Waals surface area contributed by atoms with E-state index in [4.69, 9.17) is 15.0 Å². The summed E-state index contributed by atoms with van der Waals surface area (Å²) in [4.78, 5) is 21.5. The number of hydrogen-bond acceptors (Lipinski definition) is 5. The van der Waals surface area contributed by atoms with E-state index >= 15 is 0 Å². The molecule has 0 amide bonds. The molecule has 1 saturated heterocycles. The van der Waals surface area contributed by atoms with Crippen molar-refractivity contribution in [3.8, 4) is 0 Å². The minimum Gasteiger partial charge on any atom is -0.369 e. The average Bonchev–Trinajstić information content (AvgIpc) is 3.34. The number of anilines is 1. The molecule has 0 saturated carbocycles. The molecule has 0 N–H and O–H groups in total. The summed E-state index contributed by atoms with van der Waals surface area (Å²) in [5.74, 6) is 1.96. The van der Waals surface area contributed by atoms with Crippen molar-refractivity contribution in [1.82, 2.24) is 24.5 Å². The zero-order chi connectivity index (χ0) is 20.0. The van der Waals surface area contributed by atoms with Crippen LogP contribution in [-0.2, 0) is 19.9 Å². The normalized spacial score (nSPS) is 14.4. The molecule has 6 heteroatoms. The van der Waals surface area contributed by atoms with Gasteiger partial charge in [-0.1, -0.05) is 0 Å². The van der Waals surface area contributed by atoms with Crippen LogP contribution in [0.5, 0.6) is 0 Å². The minimum atomic E-state index is 0.787. The highest BCUT2D eigenvalue weighted by atomic mass is 15.2. The van der Waals surface area contributed by atoms with Crippen molar-refractivity contribution in [2.75, 3.05) is 18.0 Å². The van der Waals surface area contributed by atoms with Crippen molar-refractivity contribution in [1.29, 1.82) is 0 Å². The number of nitrogens with zero attached hydrogens (tertiary/aromatic N) is 6. The van der Waals surface area contributed by atoms with Gasteiger partial charge in [-0.05, 0) is 51.0 Å². The predicted octanol–water partition coefficient (Wildman–Crippen LogP) is 3.91. The number of fused-ring (bicyclic) bond motifs is 3. The Bertz CT molecular complexity index is 1180. The molecular weight excluding hydrogens is 360 g/mol. The lowest BCUT2D eigenvalue weighted by molar-refractivity contribution is 0.749. The standard InChI is InChI=1S/C23H26N6/c1-15-23(29-13-4-5-14-29)16(2)26-20(25-15)10-11-21-27-22-17-7-6-12-24-18(17)8-9-19(22)28(21)3/h6-9,12H,4-5,10-11,13-14H2,1-3H3. The maximum atomic E-state index is 4.94. The summed E-state index contributed by atoms with van der Waals surface area (Å²) >= 11 is 0. The monoisotopic (exact) mass is 386 g/mol. The highest BCUT2D eigenvalue weighted by Gasteiger charge is 2.19. The summed E-state index contributed by atoms with van der Waals surface area (Å²) in [6, 6.07) is 8.23. The van der Waals surface area contributed by atoms with Crippen LogP contribution >= 0.6 is 0 Å². The lowest BCUT2D eigenvalue weighted by atomic mass is 10.2. The number of rotatable bonds is 4. The van der Waals surface area contributed by atoms with Crippen LogP contribution in [0, 0.1) is 13.8 Å². The fraction of sp³-hybridized carbons (Fsp3) is 0.391. The van der Waals surface area contributed by atoms with Crippen molar-refractivity contribution in [3.05, 3.63) is 53.5 Å². The van der Waals surface area contributed by atoms with Crippen molar-refractivity contribution in [2.45, 2.75) is 39.5 Å². The number of hydrogen-bond donors (Lipinski definition) is 0. The van der Waals surface area contributed by atoms with Crippen molar-refractivity contribution in [3.63, 3.8) is 0 Å². The molecule has 29 heavy (non-hydrogen) atoms. The van der Waals surface area contributed by atoms with Crippen LogP contribution in [0.3, 0.4) is 0 Å². The zero-order valence-electron chi connectivity index (χ0n) is 17.3. The second kappa shape index (κ2) is 7.10. The van der Waals surface area contributed by atoms with Gasteiger partial charge in [-0.25, -0.2) is 15.0 Å². The van der Waals surface area contributed by atoms with Gasteiger partial charge in [-0.2, -0.15) is 0 Å². The Hall–Kier alpha value is -3.02. The van der Waals surface area contributed by atoms with Gasteiger partial charge in [0.2, 0.25) is 0 Å². The molecule has 0 atom stereocenters. The number of pyridine rings is 1. The Morgan fingerprint density at radius 1 is 0.931 bits per heavy atom. The second-order valence-corrected chi connectivity index (χ2v) is 7.94. The van der Waals surface area contributed by atoms with E-state index < -0.39 is 0 Å². The zero-order valence-corrected chi connectivity index (χ0v) is 17.3. The summed E-state index contributed by atoms with van der Waals surface area (Å²) in [6.45, 7) is 6.46. The molecule has 3 aromatic heterocycles. The maximum absolute atomic E-state index is 4.94. The lowest BCUT2D eigenvalue weighted by Crippen LogP contribution is -2.21. The van der Waals surface area contributed by atoms with Gasteiger partial charge in [-0.15, -0.1) is 0 Å². The van der Waals surface area contributed by atoms with Gasteiger partial charge in [0.1, 0.15) is 11.6 Å². The third-order valence-corrected chi connectivity index (χ3v) is 6.00. The summed E-state index contributed by atoms with van der Waals surface area (Å²) in [5, 5.41) is 1.10. The van der Waals surface area contributed by atoms with E-state index in [9.17, 15) is 0 Å². The van der Waals surface area contributed by atoms with E-state index in [0.717, 1.165) is 70.9 Å². The van der Waals surface area contributed by atoms with E-state index in [1.54, 1.807) is 0 Å². The molecule has 1 fully saturated rings. The second-order valence-electron chi connectivity index (χ2n) is 7.94. The molecule has 0 spiro atoms. The SMILES string of the molecule is Cc1nc(CCc2nc3c4cccnc4ccc3n2C)nc(C)c1N1CCCC1. The maximum Gasteiger partial charge on any atom is 0.129 e. The Kier molecular flexibility index (Phi) is 4.42. The highest BCUT2D eigenvalue weighted by Crippen LogP contribution is 2.27. The largest absolute Gasteiger partial charge is 0.369 e. The smallest absolute Gasteiger partial charge is 0.129 e. The molecular formula is C23H26N6. The van der Waals surface area contributed by atoms with Gasteiger partial charge >= 0.3 is 0 Å². The third kappa shape index (κ3) is 3.12. The van der Waals surface area contributed by atoms with E-state index in [2.05, 4.69) is 53.5 Å². The van der Waals surface area contributed by atoms with Gasteiger partial charge in [0.05, 0.1) is 33.6 Å². The first-order valence-corrected chi connectivity index (χ1v) is 10.4. The Morgan fingerprint density at radius 2 is 1.69 bits per heavy atom. The first-order chi connectivity index (χ1) is 14.1. The number of aromatic nitrogens is 5. The van der Waals surface area contributed by atoms with Crippen LogP contribution in [0.25, 0.3) is 21.9 Å². The average molecular weight is 387 g/mol. The Labute approximate surface area is 170 Å². The van der Waals surface area contributed by atoms with E-state index in [0.29, 0.717) is 0 Å². The fourth-order valence-corrected chi connectivity index (χ4v) is 4.59. The molecule has 148 valence electrons. The molecule has 6 nitrogen and oxygen atoms in total. The summed E-state index contributed by atoms with van der Waals surface area (Å²) in [7, 11) is 2.08. The van der Waals surface area contributed by atoms with Crippen LogP contribution in [0.15, 0.2) is 30.5 Å². The third-order valence-electron chi connectivity index (χ3n) is 6.00. The van der Waals surface area contributed by atoms with Crippen LogP contribution < -0.4 is 4.90 Å². The topological polar surface area (TPSA) is 59.7 Å². The fourth-order valence-electron chi connectivity index (χ4n) is 4.59. The van der Waals surface area contributed by atoms with Crippen LogP contribution in [0.4, 0.5) is 5.69 Å². The van der Waals surface area contributed by atoms with Gasteiger partial charge in [0, 0.05) is 44.6 Å². The van der Waals surface area contributed by atoms with E-state index in [1.165, 1.54) is 18.5 Å². The van der Waals surface area contributed by atoms with E-state index in [-0.39, 0.29) is 0 Å². The highest BCUT2D eigenvalue weighted by molar-refractivity contribution is 6.02. The molecule has 4 heterocycles. The quantitative estimate of drug-likeness (QED) is 0.532. The molecule has 0 radical (unpaired) electrons. The summed E-state index contributed by atoms with van der Waals surface area (Å²) < 4.78 is 2.18. The van der Waals surface area contributed by atoms with Gasteiger partial charge in [0.25, 0.3) is 0 Å². The van der Waals surface area contributed by atoms with Crippen molar-refractivity contribution >= 4 is 27.6 Å². The van der Waals surface area contributed by atoms with E-state index in [1.807, 2.05) is 12.3 Å². The molecule has 0 unspecified atom stereocenters. The number of aryl methyl sites for hydroxylation is 5.